The maximum atomic E-state index is 14.0. The average Bonchev–Trinajstić information content (AvgIpc) is 2.49. The van der Waals surface area contributed by atoms with Crippen LogP contribution in [0.25, 0.3) is 0 Å². The number of halogens is 2. The molecule has 1 N–H and O–H groups in total. The van der Waals surface area contributed by atoms with E-state index in [2.05, 4.69) is 0 Å². The third kappa shape index (κ3) is 2.87. The van der Waals surface area contributed by atoms with Gasteiger partial charge in [-0.25, -0.2) is 4.39 Å². The highest BCUT2D eigenvalue weighted by Crippen LogP contribution is 2.34. The van der Waals surface area contributed by atoms with Crippen molar-refractivity contribution in [1.29, 1.82) is 0 Å². The fourth-order valence-electron chi connectivity index (χ4n) is 2.52. The molecule has 0 saturated carbocycles. The maximum absolute atomic E-state index is 14.0. The van der Waals surface area contributed by atoms with E-state index in [-0.39, 0.29) is 12.4 Å². The molecule has 0 bridgehead atoms. The molecule has 106 valence electrons. The van der Waals surface area contributed by atoms with Crippen molar-refractivity contribution in [3.05, 3.63) is 70.5 Å². The quantitative estimate of drug-likeness (QED) is 0.868. The standard InChI is InChI=1S/C17H18ClFO/c1-2-17(12-20,13-7-4-3-5-8-13)11-14-15(18)9-6-10-16(14)19/h3-10,20H,2,11-12H2,1H3. The van der Waals surface area contributed by atoms with Crippen LogP contribution in [0.4, 0.5) is 4.39 Å². The average molecular weight is 293 g/mol. The summed E-state index contributed by atoms with van der Waals surface area (Å²) in [6.07, 6.45) is 1.09. The Balaban J connectivity index is 2.45. The summed E-state index contributed by atoms with van der Waals surface area (Å²) in [5.74, 6) is -0.320. The number of aliphatic hydroxyl groups is 1. The van der Waals surface area contributed by atoms with Crippen LogP contribution in [0.2, 0.25) is 5.02 Å². The van der Waals surface area contributed by atoms with Crippen molar-refractivity contribution < 1.29 is 9.50 Å². The lowest BCUT2D eigenvalue weighted by atomic mass is 9.74. The topological polar surface area (TPSA) is 20.2 Å². The van der Waals surface area contributed by atoms with Gasteiger partial charge in [0, 0.05) is 16.0 Å². The fraction of sp³-hybridized carbons (Fsp3) is 0.294. The summed E-state index contributed by atoms with van der Waals surface area (Å²) in [5, 5.41) is 10.3. The molecule has 0 heterocycles. The molecule has 1 nitrogen and oxygen atoms in total. The molecule has 2 rings (SSSR count). The van der Waals surface area contributed by atoms with Gasteiger partial charge in [0.05, 0.1) is 6.61 Å². The lowest BCUT2D eigenvalue weighted by Crippen LogP contribution is -2.33. The summed E-state index contributed by atoms with van der Waals surface area (Å²) in [6.45, 7) is 1.95. The zero-order valence-corrected chi connectivity index (χ0v) is 12.2. The summed E-state index contributed by atoms with van der Waals surface area (Å²) in [5.41, 5.74) is 0.964. The van der Waals surface area contributed by atoms with Gasteiger partial charge in [0.15, 0.2) is 0 Å². The first kappa shape index (κ1) is 15.0. The molecule has 0 aliphatic carbocycles. The lowest BCUT2D eigenvalue weighted by molar-refractivity contribution is 0.185. The van der Waals surface area contributed by atoms with Gasteiger partial charge in [-0.2, -0.15) is 0 Å². The molecule has 0 aliphatic rings. The summed E-state index contributed by atoms with van der Waals surface area (Å²) in [7, 11) is 0. The molecule has 2 aromatic carbocycles. The summed E-state index contributed by atoms with van der Waals surface area (Å²) in [6, 6.07) is 14.4. The fourth-order valence-corrected chi connectivity index (χ4v) is 2.75. The van der Waals surface area contributed by atoms with Crippen LogP contribution in [0.5, 0.6) is 0 Å². The van der Waals surface area contributed by atoms with Crippen LogP contribution in [0, 0.1) is 5.82 Å². The highest BCUT2D eigenvalue weighted by Gasteiger charge is 2.31. The second-order valence-electron chi connectivity index (χ2n) is 5.04. The van der Waals surface area contributed by atoms with Crippen molar-refractivity contribution >= 4 is 11.6 Å². The van der Waals surface area contributed by atoms with Crippen molar-refractivity contribution in [2.45, 2.75) is 25.2 Å². The van der Waals surface area contributed by atoms with E-state index in [9.17, 15) is 9.50 Å². The SMILES string of the molecule is CCC(CO)(Cc1c(F)cccc1Cl)c1ccccc1. The van der Waals surface area contributed by atoms with Crippen molar-refractivity contribution in [1.82, 2.24) is 0 Å². The Bertz CT molecular complexity index is 544. The van der Waals surface area contributed by atoms with Gasteiger partial charge in [-0.1, -0.05) is 54.9 Å². The van der Waals surface area contributed by atoms with Crippen LogP contribution < -0.4 is 0 Å². The predicted molar refractivity (Wildman–Crippen MR) is 80.6 cm³/mol. The van der Waals surface area contributed by atoms with Crippen molar-refractivity contribution in [2.24, 2.45) is 0 Å². The Morgan fingerprint density at radius 1 is 1.10 bits per heavy atom. The number of rotatable bonds is 5. The molecule has 2 aromatic rings. The Morgan fingerprint density at radius 3 is 2.35 bits per heavy atom. The molecule has 0 spiro atoms. The van der Waals surface area contributed by atoms with Gasteiger partial charge in [-0.05, 0) is 30.5 Å². The van der Waals surface area contributed by atoms with Crippen LogP contribution >= 0.6 is 11.6 Å². The van der Waals surface area contributed by atoms with E-state index in [0.717, 1.165) is 5.56 Å². The summed E-state index contributed by atoms with van der Waals surface area (Å²) < 4.78 is 14.0. The van der Waals surface area contributed by atoms with Gasteiger partial charge in [-0.3, -0.25) is 0 Å². The molecule has 20 heavy (non-hydrogen) atoms. The minimum atomic E-state index is -0.507. The first-order valence-electron chi connectivity index (χ1n) is 6.72. The largest absolute Gasteiger partial charge is 0.395 e. The first-order valence-corrected chi connectivity index (χ1v) is 7.10. The summed E-state index contributed by atoms with van der Waals surface area (Å²) in [4.78, 5) is 0. The third-order valence-corrected chi connectivity index (χ3v) is 4.30. The molecular weight excluding hydrogens is 275 g/mol. The van der Waals surface area contributed by atoms with Crippen LogP contribution in [-0.2, 0) is 11.8 Å². The van der Waals surface area contributed by atoms with Gasteiger partial charge in [0.25, 0.3) is 0 Å². The third-order valence-electron chi connectivity index (χ3n) is 3.94. The number of benzene rings is 2. The van der Waals surface area contributed by atoms with E-state index in [1.807, 2.05) is 37.3 Å². The smallest absolute Gasteiger partial charge is 0.127 e. The number of hydrogen-bond acceptors (Lipinski definition) is 1. The molecule has 1 atom stereocenters. The minimum absolute atomic E-state index is 0.0435. The van der Waals surface area contributed by atoms with Crippen molar-refractivity contribution in [3.63, 3.8) is 0 Å². The van der Waals surface area contributed by atoms with Crippen LogP contribution in [0.15, 0.2) is 48.5 Å². The van der Waals surface area contributed by atoms with E-state index in [4.69, 9.17) is 11.6 Å². The normalized spacial score (nSPS) is 14.0. The number of hydrogen-bond donors (Lipinski definition) is 1. The highest BCUT2D eigenvalue weighted by atomic mass is 35.5. The highest BCUT2D eigenvalue weighted by molar-refractivity contribution is 6.31. The van der Waals surface area contributed by atoms with Crippen LogP contribution in [-0.4, -0.2) is 11.7 Å². The van der Waals surface area contributed by atoms with Crippen LogP contribution in [0.1, 0.15) is 24.5 Å². The van der Waals surface area contributed by atoms with Crippen LogP contribution in [0.3, 0.4) is 0 Å². The summed E-state index contributed by atoms with van der Waals surface area (Å²) >= 11 is 6.12. The zero-order valence-electron chi connectivity index (χ0n) is 11.4. The Kier molecular flexibility index (Phi) is 4.79. The van der Waals surface area contributed by atoms with Gasteiger partial charge in [0.2, 0.25) is 0 Å². The Morgan fingerprint density at radius 2 is 1.80 bits per heavy atom. The lowest BCUT2D eigenvalue weighted by Gasteiger charge is -2.32. The molecule has 0 amide bonds. The monoisotopic (exact) mass is 292 g/mol. The number of aliphatic hydroxyl groups excluding tert-OH is 1. The molecule has 0 aliphatic heterocycles. The van der Waals surface area contributed by atoms with Crippen molar-refractivity contribution in [3.8, 4) is 0 Å². The Labute approximate surface area is 124 Å². The first-order chi connectivity index (χ1) is 9.63. The van der Waals surface area contributed by atoms with Gasteiger partial charge in [-0.15, -0.1) is 0 Å². The Hall–Kier alpha value is -1.38. The molecule has 0 fully saturated rings. The van der Waals surface area contributed by atoms with Gasteiger partial charge in [0.1, 0.15) is 5.82 Å². The van der Waals surface area contributed by atoms with E-state index < -0.39 is 5.41 Å². The zero-order chi connectivity index (χ0) is 14.6. The van der Waals surface area contributed by atoms with Crippen molar-refractivity contribution in [2.75, 3.05) is 6.61 Å². The van der Waals surface area contributed by atoms with E-state index in [1.165, 1.54) is 6.07 Å². The van der Waals surface area contributed by atoms with Gasteiger partial charge < -0.3 is 5.11 Å². The van der Waals surface area contributed by atoms with E-state index in [1.54, 1.807) is 12.1 Å². The van der Waals surface area contributed by atoms with E-state index in [0.29, 0.717) is 23.4 Å². The minimum Gasteiger partial charge on any atom is -0.395 e. The maximum Gasteiger partial charge on any atom is 0.127 e. The molecule has 0 saturated heterocycles. The van der Waals surface area contributed by atoms with Gasteiger partial charge >= 0.3 is 0 Å². The molecule has 0 radical (unpaired) electrons. The molecule has 1 unspecified atom stereocenters. The predicted octanol–water partition coefficient (Wildman–Crippen LogP) is 4.36. The van der Waals surface area contributed by atoms with E-state index >= 15 is 0 Å². The molecule has 3 heteroatoms. The molecular formula is C17H18ClFO. The molecule has 0 aromatic heterocycles. The second-order valence-corrected chi connectivity index (χ2v) is 5.44. The second kappa shape index (κ2) is 6.38.